The van der Waals surface area contributed by atoms with Crippen LogP contribution < -0.4 is 5.32 Å². The van der Waals surface area contributed by atoms with E-state index >= 15 is 0 Å². The van der Waals surface area contributed by atoms with Crippen molar-refractivity contribution in [3.63, 3.8) is 0 Å². The van der Waals surface area contributed by atoms with Gasteiger partial charge in [0.2, 0.25) is 0 Å². The Balaban J connectivity index is 1.27. The summed E-state index contributed by atoms with van der Waals surface area (Å²) in [6.45, 7) is 6.74. The molecule has 1 amide bonds. The summed E-state index contributed by atoms with van der Waals surface area (Å²) in [4.78, 5) is 32.6. The highest BCUT2D eigenvalue weighted by molar-refractivity contribution is 5.98. The highest BCUT2D eigenvalue weighted by Crippen LogP contribution is 2.27. The van der Waals surface area contributed by atoms with E-state index in [4.69, 9.17) is 0 Å². The first-order valence-electron chi connectivity index (χ1n) is 12.5. The van der Waals surface area contributed by atoms with Gasteiger partial charge >= 0.3 is 0 Å². The van der Waals surface area contributed by atoms with Crippen molar-refractivity contribution in [1.29, 1.82) is 0 Å². The summed E-state index contributed by atoms with van der Waals surface area (Å²) in [6, 6.07) is 7.92. The Morgan fingerprint density at radius 2 is 1.97 bits per heavy atom. The minimum atomic E-state index is -0.517. The monoisotopic (exact) mass is 502 g/mol. The number of hydrogen-bond acceptors (Lipinski definition) is 5. The average molecular weight is 503 g/mol. The van der Waals surface area contributed by atoms with Gasteiger partial charge in [-0.3, -0.25) is 23.6 Å². The molecule has 37 heavy (non-hydrogen) atoms. The lowest BCUT2D eigenvalue weighted by Gasteiger charge is -2.31. The molecule has 1 fully saturated rings. The van der Waals surface area contributed by atoms with Gasteiger partial charge in [0.1, 0.15) is 17.2 Å². The highest BCUT2D eigenvalue weighted by Gasteiger charge is 2.31. The van der Waals surface area contributed by atoms with Crippen LogP contribution >= 0.6 is 0 Å². The van der Waals surface area contributed by atoms with Crippen molar-refractivity contribution in [1.82, 2.24) is 29.4 Å². The molecule has 3 aromatic heterocycles. The van der Waals surface area contributed by atoms with Crippen LogP contribution in [0.25, 0.3) is 16.8 Å². The number of nitrogens with one attached hydrogen (secondary N) is 1. The van der Waals surface area contributed by atoms with Crippen molar-refractivity contribution >= 4 is 17.3 Å². The first-order chi connectivity index (χ1) is 17.7. The van der Waals surface area contributed by atoms with Crippen LogP contribution in [-0.4, -0.2) is 60.9 Å². The number of aryl methyl sites for hydroxylation is 1. The molecule has 0 atom stereocenters. The van der Waals surface area contributed by atoms with Crippen LogP contribution in [0.15, 0.2) is 55.1 Å². The zero-order valence-electron chi connectivity index (χ0n) is 21.4. The van der Waals surface area contributed by atoms with E-state index in [2.05, 4.69) is 34.1 Å². The number of pyridine rings is 1. The predicted molar refractivity (Wildman–Crippen MR) is 139 cm³/mol. The van der Waals surface area contributed by atoms with Gasteiger partial charge in [0.15, 0.2) is 5.78 Å². The lowest BCUT2D eigenvalue weighted by atomic mass is 10.0. The van der Waals surface area contributed by atoms with Gasteiger partial charge in [0.25, 0.3) is 5.91 Å². The fourth-order valence-electron chi connectivity index (χ4n) is 5.04. The molecule has 9 heteroatoms. The molecule has 4 heterocycles. The third-order valence-electron chi connectivity index (χ3n) is 7.24. The molecule has 1 aliphatic heterocycles. The number of fused-ring (bicyclic) bond motifs is 1. The van der Waals surface area contributed by atoms with Crippen LogP contribution in [-0.2, 0) is 13.5 Å². The zero-order chi connectivity index (χ0) is 26.2. The summed E-state index contributed by atoms with van der Waals surface area (Å²) >= 11 is 0. The number of hydrogen-bond donors (Lipinski definition) is 1. The molecule has 1 saturated heterocycles. The predicted octanol–water partition coefficient (Wildman–Crippen LogP) is 3.90. The molecule has 0 saturated carbocycles. The minimum Gasteiger partial charge on any atom is -0.351 e. The number of carbonyl (C=O) groups is 2. The number of rotatable bonds is 8. The van der Waals surface area contributed by atoms with Crippen LogP contribution in [0.5, 0.6) is 0 Å². The van der Waals surface area contributed by atoms with Crippen LogP contribution in [0.3, 0.4) is 0 Å². The number of benzene rings is 1. The van der Waals surface area contributed by atoms with Crippen molar-refractivity contribution in [2.75, 3.05) is 19.6 Å². The summed E-state index contributed by atoms with van der Waals surface area (Å²) in [5.41, 5.74) is 3.51. The number of amides is 1. The number of carbonyl (C=O) groups excluding carboxylic acids is 2. The number of halogens is 1. The molecule has 0 bridgehead atoms. The summed E-state index contributed by atoms with van der Waals surface area (Å²) in [7, 11) is 1.85. The summed E-state index contributed by atoms with van der Waals surface area (Å²) in [5.74, 6) is -1.07. The summed E-state index contributed by atoms with van der Waals surface area (Å²) < 4.78 is 18.0. The van der Waals surface area contributed by atoms with Crippen molar-refractivity contribution in [3.8, 4) is 11.1 Å². The maximum Gasteiger partial charge on any atom is 0.251 e. The molecule has 1 N–H and O–H groups in total. The van der Waals surface area contributed by atoms with Gasteiger partial charge in [-0.05, 0) is 74.7 Å². The van der Waals surface area contributed by atoms with Crippen LogP contribution in [0.2, 0.25) is 0 Å². The first-order valence-corrected chi connectivity index (χ1v) is 12.5. The van der Waals surface area contributed by atoms with E-state index in [0.29, 0.717) is 23.4 Å². The average Bonchev–Trinajstić information content (AvgIpc) is 3.58. The maximum atomic E-state index is 14.6. The lowest BCUT2D eigenvalue weighted by Crippen LogP contribution is -2.43. The van der Waals surface area contributed by atoms with Crippen molar-refractivity contribution < 1.29 is 14.0 Å². The van der Waals surface area contributed by atoms with E-state index < -0.39 is 5.82 Å². The van der Waals surface area contributed by atoms with Gasteiger partial charge in [0, 0.05) is 55.6 Å². The summed E-state index contributed by atoms with van der Waals surface area (Å²) in [5, 5.41) is 7.12. The second-order valence-electron chi connectivity index (χ2n) is 10.3. The number of ketones is 1. The molecule has 1 aliphatic rings. The fraction of sp³-hybridized carbons (Fsp3) is 0.357. The number of likely N-dealkylation sites (tertiary alicyclic amines) is 1. The molecule has 0 aliphatic carbocycles. The Bertz CT molecular complexity index is 1470. The first kappa shape index (κ1) is 24.8. The largest absolute Gasteiger partial charge is 0.351 e. The van der Waals surface area contributed by atoms with Gasteiger partial charge in [-0.25, -0.2) is 9.37 Å². The van der Waals surface area contributed by atoms with Crippen molar-refractivity contribution in [2.45, 2.75) is 38.6 Å². The number of nitrogens with zero attached hydrogens (tertiary/aromatic N) is 5. The lowest BCUT2D eigenvalue weighted by molar-refractivity contribution is 0.0937. The van der Waals surface area contributed by atoms with Crippen molar-refractivity contribution in [2.24, 2.45) is 7.05 Å². The highest BCUT2D eigenvalue weighted by atomic mass is 19.1. The standard InChI is InChI=1S/C28H31FN6O2/c1-28(2)8-4-10-34(28)12-9-30-27(37)20-5-6-23(29)21(13-20)14-25(36)24-17-31-26-15-19(7-11-35(24)26)22-16-32-33(3)18-22/h5-7,11,13,15-18H,4,8-10,12,14H2,1-3H3,(H,30,37). The molecule has 192 valence electrons. The Hall–Kier alpha value is -3.85. The molecule has 0 spiro atoms. The van der Waals surface area contributed by atoms with E-state index in [-0.39, 0.29) is 29.2 Å². The number of Topliss-reactive ketones (excluding diaryl/α,β-unsaturated/α-hetero) is 1. The number of aromatic nitrogens is 4. The van der Waals surface area contributed by atoms with E-state index in [1.54, 1.807) is 21.5 Å². The summed E-state index contributed by atoms with van der Waals surface area (Å²) in [6.07, 6.45) is 9.08. The van der Waals surface area contributed by atoms with Crippen LogP contribution in [0.1, 0.15) is 53.1 Å². The fourth-order valence-corrected chi connectivity index (χ4v) is 5.04. The molecule has 1 aromatic carbocycles. The van der Waals surface area contributed by atoms with E-state index in [0.717, 1.165) is 37.1 Å². The van der Waals surface area contributed by atoms with Gasteiger partial charge in [-0.15, -0.1) is 0 Å². The third-order valence-corrected chi connectivity index (χ3v) is 7.24. The van der Waals surface area contributed by atoms with E-state index in [9.17, 15) is 14.0 Å². The Labute approximate surface area is 215 Å². The van der Waals surface area contributed by atoms with Gasteiger partial charge in [-0.1, -0.05) is 0 Å². The zero-order valence-corrected chi connectivity index (χ0v) is 21.4. The second-order valence-corrected chi connectivity index (χ2v) is 10.3. The SMILES string of the molecule is Cn1cc(-c2ccn3c(C(=O)Cc4cc(C(=O)NCCN5CCCC5(C)C)ccc4F)cnc3c2)cn1. The second kappa shape index (κ2) is 9.89. The molecule has 0 radical (unpaired) electrons. The topological polar surface area (TPSA) is 84.5 Å². The van der Waals surface area contributed by atoms with Crippen LogP contribution in [0, 0.1) is 5.82 Å². The Morgan fingerprint density at radius 3 is 2.70 bits per heavy atom. The molecular formula is C28H31FN6O2. The smallest absolute Gasteiger partial charge is 0.251 e. The van der Waals surface area contributed by atoms with E-state index in [1.807, 2.05) is 25.4 Å². The van der Waals surface area contributed by atoms with Gasteiger partial charge in [0.05, 0.1) is 12.4 Å². The molecule has 5 rings (SSSR count). The Kier molecular flexibility index (Phi) is 6.64. The normalized spacial score (nSPS) is 15.4. The van der Waals surface area contributed by atoms with Crippen LogP contribution in [0.4, 0.5) is 4.39 Å². The van der Waals surface area contributed by atoms with Gasteiger partial charge < -0.3 is 5.32 Å². The van der Waals surface area contributed by atoms with Gasteiger partial charge in [-0.2, -0.15) is 5.10 Å². The number of imidazole rings is 1. The van der Waals surface area contributed by atoms with E-state index in [1.165, 1.54) is 24.4 Å². The molecule has 8 nitrogen and oxygen atoms in total. The molecular weight excluding hydrogens is 471 g/mol. The molecule has 4 aromatic rings. The maximum absolute atomic E-state index is 14.6. The Morgan fingerprint density at radius 1 is 1.14 bits per heavy atom. The minimum absolute atomic E-state index is 0.145. The quantitative estimate of drug-likeness (QED) is 0.370. The third kappa shape index (κ3) is 5.17. The molecule has 0 unspecified atom stereocenters. The van der Waals surface area contributed by atoms with Crippen molar-refractivity contribution in [3.05, 3.63) is 77.8 Å².